The van der Waals surface area contributed by atoms with Gasteiger partial charge in [-0.25, -0.2) is 0 Å². The minimum Gasteiger partial charge on any atom is -0.481 e. The molecule has 1 aliphatic heterocycles. The maximum atomic E-state index is 10.4. The minimum atomic E-state index is -0.766. The van der Waals surface area contributed by atoms with E-state index in [2.05, 4.69) is 0 Å². The van der Waals surface area contributed by atoms with Crippen molar-refractivity contribution in [1.82, 2.24) is 4.90 Å². The highest BCUT2D eigenvalue weighted by Gasteiger charge is 2.38. The second-order valence-electron chi connectivity index (χ2n) is 3.49. The van der Waals surface area contributed by atoms with Gasteiger partial charge in [-0.15, -0.1) is 0 Å². The number of carboxylic acid groups (broad SMARTS) is 1. The zero-order chi connectivity index (χ0) is 10.6. The van der Waals surface area contributed by atoms with Crippen LogP contribution < -0.4 is 0 Å². The molecule has 1 aliphatic rings. The maximum absolute atomic E-state index is 10.4. The Hall–Kier alpha value is -0.650. The number of rotatable bonds is 5. The van der Waals surface area contributed by atoms with Gasteiger partial charge in [-0.3, -0.25) is 9.69 Å². The summed E-state index contributed by atoms with van der Waals surface area (Å²) in [4.78, 5) is 12.4. The third kappa shape index (κ3) is 2.67. The van der Waals surface area contributed by atoms with Crippen LogP contribution in [0.15, 0.2) is 0 Å². The van der Waals surface area contributed by atoms with Crippen LogP contribution in [0.4, 0.5) is 0 Å². The summed E-state index contributed by atoms with van der Waals surface area (Å²) in [6.07, 6.45) is 0.961. The Morgan fingerprint density at radius 3 is 2.57 bits per heavy atom. The second-order valence-corrected chi connectivity index (χ2v) is 3.49. The number of ether oxygens (including phenoxy) is 2. The van der Waals surface area contributed by atoms with Gasteiger partial charge in [0.25, 0.3) is 0 Å². The van der Waals surface area contributed by atoms with E-state index in [0.29, 0.717) is 13.1 Å². The van der Waals surface area contributed by atoms with Gasteiger partial charge in [0.1, 0.15) is 0 Å². The molecular formula is C9H17NO4. The van der Waals surface area contributed by atoms with Gasteiger partial charge >= 0.3 is 5.97 Å². The highest BCUT2D eigenvalue weighted by Crippen LogP contribution is 2.25. The molecule has 1 heterocycles. The molecule has 0 spiro atoms. The molecule has 1 saturated heterocycles. The lowest BCUT2D eigenvalue weighted by Crippen LogP contribution is -2.37. The number of hydrogen-bond acceptors (Lipinski definition) is 4. The smallest absolute Gasteiger partial charge is 0.304 e. The van der Waals surface area contributed by atoms with E-state index >= 15 is 0 Å². The molecule has 5 nitrogen and oxygen atoms in total. The Balaban J connectivity index is 2.36. The van der Waals surface area contributed by atoms with Crippen LogP contribution in [0.5, 0.6) is 0 Å². The lowest BCUT2D eigenvalue weighted by atomic mass is 10.2. The largest absolute Gasteiger partial charge is 0.481 e. The molecule has 1 rings (SSSR count). The standard InChI is InChI=1S/C9H17NO4/c1-13-9(14-2)4-6-10(7-9)5-3-8(11)12/h3-7H2,1-2H3,(H,11,12). The average molecular weight is 203 g/mol. The molecule has 0 radical (unpaired) electrons. The molecule has 0 saturated carbocycles. The summed E-state index contributed by atoms with van der Waals surface area (Å²) in [5.74, 6) is -1.30. The monoisotopic (exact) mass is 203 g/mol. The van der Waals surface area contributed by atoms with Gasteiger partial charge in [0, 0.05) is 33.7 Å². The van der Waals surface area contributed by atoms with Crippen molar-refractivity contribution in [1.29, 1.82) is 0 Å². The van der Waals surface area contributed by atoms with E-state index in [-0.39, 0.29) is 6.42 Å². The summed E-state index contributed by atoms with van der Waals surface area (Å²) in [5.41, 5.74) is 0. The topological polar surface area (TPSA) is 59.0 Å². The highest BCUT2D eigenvalue weighted by molar-refractivity contribution is 5.66. The molecule has 1 N–H and O–H groups in total. The molecule has 0 aromatic rings. The van der Waals surface area contributed by atoms with Gasteiger partial charge < -0.3 is 14.6 Å². The molecule has 82 valence electrons. The summed E-state index contributed by atoms with van der Waals surface area (Å²) in [6, 6.07) is 0. The van der Waals surface area contributed by atoms with Crippen LogP contribution in [-0.4, -0.2) is 55.6 Å². The molecule has 0 amide bonds. The van der Waals surface area contributed by atoms with Gasteiger partial charge in [0.2, 0.25) is 0 Å². The summed E-state index contributed by atoms with van der Waals surface area (Å²) >= 11 is 0. The number of hydrogen-bond donors (Lipinski definition) is 1. The van der Waals surface area contributed by atoms with Crippen molar-refractivity contribution in [2.75, 3.05) is 33.9 Å². The van der Waals surface area contributed by atoms with E-state index in [1.54, 1.807) is 14.2 Å². The Morgan fingerprint density at radius 2 is 2.14 bits per heavy atom. The molecule has 0 unspecified atom stereocenters. The third-order valence-electron chi connectivity index (χ3n) is 2.66. The van der Waals surface area contributed by atoms with E-state index in [1.165, 1.54) is 0 Å². The van der Waals surface area contributed by atoms with Crippen molar-refractivity contribution in [3.8, 4) is 0 Å². The molecule has 0 aromatic carbocycles. The summed E-state index contributed by atoms with van der Waals surface area (Å²) in [7, 11) is 3.23. The molecule has 0 atom stereocenters. The maximum Gasteiger partial charge on any atom is 0.304 e. The number of methoxy groups -OCH3 is 2. The minimum absolute atomic E-state index is 0.170. The van der Waals surface area contributed by atoms with Crippen molar-refractivity contribution in [3.05, 3.63) is 0 Å². The summed E-state index contributed by atoms with van der Waals surface area (Å²) < 4.78 is 10.5. The molecular weight excluding hydrogens is 186 g/mol. The van der Waals surface area contributed by atoms with Crippen molar-refractivity contribution in [3.63, 3.8) is 0 Å². The number of nitrogens with zero attached hydrogens (tertiary/aromatic N) is 1. The van der Waals surface area contributed by atoms with Crippen molar-refractivity contribution in [2.45, 2.75) is 18.6 Å². The van der Waals surface area contributed by atoms with Crippen LogP contribution in [0.3, 0.4) is 0 Å². The first-order chi connectivity index (χ1) is 6.62. The van der Waals surface area contributed by atoms with Crippen molar-refractivity contribution in [2.24, 2.45) is 0 Å². The number of likely N-dealkylation sites (tertiary alicyclic amines) is 1. The Labute approximate surface area is 83.6 Å². The zero-order valence-electron chi connectivity index (χ0n) is 8.65. The second kappa shape index (κ2) is 4.72. The Kier molecular flexibility index (Phi) is 3.86. The molecule has 1 fully saturated rings. The van der Waals surface area contributed by atoms with Crippen molar-refractivity contribution >= 4 is 5.97 Å². The molecule has 14 heavy (non-hydrogen) atoms. The van der Waals surface area contributed by atoms with Gasteiger partial charge in [0.15, 0.2) is 5.79 Å². The van der Waals surface area contributed by atoms with Gasteiger partial charge in [0.05, 0.1) is 13.0 Å². The summed E-state index contributed by atoms with van der Waals surface area (Å²) in [6.45, 7) is 2.03. The van der Waals surface area contributed by atoms with E-state index in [0.717, 1.165) is 13.0 Å². The first-order valence-corrected chi connectivity index (χ1v) is 4.66. The third-order valence-corrected chi connectivity index (χ3v) is 2.66. The van der Waals surface area contributed by atoms with E-state index in [9.17, 15) is 4.79 Å². The van der Waals surface area contributed by atoms with Crippen molar-refractivity contribution < 1.29 is 19.4 Å². The summed E-state index contributed by atoms with van der Waals surface area (Å²) in [5, 5.41) is 8.53. The van der Waals surface area contributed by atoms with E-state index < -0.39 is 11.8 Å². The Bertz CT molecular complexity index is 203. The fourth-order valence-electron chi connectivity index (χ4n) is 1.69. The normalized spacial score (nSPS) is 21.3. The molecule has 0 aromatic heterocycles. The van der Waals surface area contributed by atoms with Gasteiger partial charge in [-0.2, -0.15) is 0 Å². The van der Waals surface area contributed by atoms with Crippen LogP contribution in [-0.2, 0) is 14.3 Å². The van der Waals surface area contributed by atoms with Crippen LogP contribution in [0.2, 0.25) is 0 Å². The first-order valence-electron chi connectivity index (χ1n) is 4.66. The van der Waals surface area contributed by atoms with Gasteiger partial charge in [-0.1, -0.05) is 0 Å². The van der Waals surface area contributed by atoms with Gasteiger partial charge in [-0.05, 0) is 0 Å². The predicted octanol–water partition coefficient (Wildman–Crippen LogP) is 0.156. The quantitative estimate of drug-likeness (QED) is 0.645. The molecule has 5 heteroatoms. The van der Waals surface area contributed by atoms with E-state index in [4.69, 9.17) is 14.6 Å². The molecule has 0 bridgehead atoms. The zero-order valence-corrected chi connectivity index (χ0v) is 8.65. The number of carboxylic acids is 1. The lowest BCUT2D eigenvalue weighted by molar-refractivity contribution is -0.195. The number of aliphatic carboxylic acids is 1. The number of carbonyl (C=O) groups is 1. The average Bonchev–Trinajstić information content (AvgIpc) is 2.59. The first kappa shape index (κ1) is 11.4. The SMILES string of the molecule is COC1(OC)CCN(CCC(=O)O)C1. The van der Waals surface area contributed by atoms with Crippen LogP contribution >= 0.6 is 0 Å². The fraction of sp³-hybridized carbons (Fsp3) is 0.889. The fourth-order valence-corrected chi connectivity index (χ4v) is 1.69. The molecule has 0 aliphatic carbocycles. The highest BCUT2D eigenvalue weighted by atomic mass is 16.7. The Morgan fingerprint density at radius 1 is 1.50 bits per heavy atom. The van der Waals surface area contributed by atoms with Crippen LogP contribution in [0, 0.1) is 0 Å². The van der Waals surface area contributed by atoms with E-state index in [1.807, 2.05) is 4.90 Å². The lowest BCUT2D eigenvalue weighted by Gasteiger charge is -2.25. The van der Waals surface area contributed by atoms with Crippen LogP contribution in [0.1, 0.15) is 12.8 Å². The predicted molar refractivity (Wildman–Crippen MR) is 50.1 cm³/mol. The van der Waals surface area contributed by atoms with Crippen LogP contribution in [0.25, 0.3) is 0 Å².